The Morgan fingerprint density at radius 2 is 1.52 bits per heavy atom. The Hall–Kier alpha value is -3.68. The van der Waals surface area contributed by atoms with E-state index in [-0.39, 0.29) is 11.3 Å². The molecule has 9 heteroatoms. The highest BCUT2D eigenvalue weighted by atomic mass is 35.5. The number of halogens is 2. The van der Waals surface area contributed by atoms with Crippen LogP contribution in [0.15, 0.2) is 77.9 Å². The van der Waals surface area contributed by atoms with Gasteiger partial charge in [-0.3, -0.25) is 14.4 Å². The summed E-state index contributed by atoms with van der Waals surface area (Å²) < 4.78 is 0. The monoisotopic (exact) mass is 454 g/mol. The first kappa shape index (κ1) is 22.0. The van der Waals surface area contributed by atoms with E-state index < -0.39 is 17.7 Å². The van der Waals surface area contributed by atoms with E-state index >= 15 is 0 Å². The Labute approximate surface area is 188 Å². The minimum Gasteiger partial charge on any atom is -0.322 e. The largest absolute Gasteiger partial charge is 0.329 e. The molecule has 0 spiro atoms. The van der Waals surface area contributed by atoms with E-state index in [0.717, 1.165) is 0 Å². The first-order valence-corrected chi connectivity index (χ1v) is 9.74. The van der Waals surface area contributed by atoms with Crippen LogP contribution in [0.3, 0.4) is 0 Å². The number of hydrogen-bond acceptors (Lipinski definition) is 4. The molecule has 0 atom stereocenters. The number of nitrogens with one attached hydrogen (secondary N) is 3. The van der Waals surface area contributed by atoms with E-state index in [1.165, 1.54) is 24.4 Å². The van der Waals surface area contributed by atoms with Crippen molar-refractivity contribution in [2.45, 2.75) is 0 Å². The molecular weight excluding hydrogens is 439 g/mol. The second-order valence-corrected chi connectivity index (χ2v) is 7.03. The van der Waals surface area contributed by atoms with Crippen molar-refractivity contribution < 1.29 is 14.4 Å². The normalized spacial score (nSPS) is 10.5. The molecule has 0 bridgehead atoms. The lowest BCUT2D eigenvalue weighted by Crippen LogP contribution is -2.33. The molecule has 3 N–H and O–H groups in total. The van der Waals surface area contributed by atoms with Gasteiger partial charge in [0, 0.05) is 16.3 Å². The molecule has 0 aliphatic heterocycles. The van der Waals surface area contributed by atoms with E-state index in [2.05, 4.69) is 21.2 Å². The van der Waals surface area contributed by atoms with Crippen LogP contribution >= 0.6 is 23.2 Å². The van der Waals surface area contributed by atoms with Crippen LogP contribution < -0.4 is 16.1 Å². The maximum atomic E-state index is 12.6. The van der Waals surface area contributed by atoms with E-state index in [4.69, 9.17) is 23.2 Å². The minimum absolute atomic E-state index is 0.181. The van der Waals surface area contributed by atoms with Crippen molar-refractivity contribution >= 4 is 58.5 Å². The number of rotatable bonds is 5. The van der Waals surface area contributed by atoms with Crippen molar-refractivity contribution in [3.8, 4) is 0 Å². The molecule has 0 aliphatic carbocycles. The number of carbonyl (C=O) groups excluding carboxylic acids is 3. The highest BCUT2D eigenvalue weighted by molar-refractivity contribution is 6.40. The molecule has 3 amide bonds. The van der Waals surface area contributed by atoms with Gasteiger partial charge < -0.3 is 10.6 Å². The molecule has 7 nitrogen and oxygen atoms in total. The highest BCUT2D eigenvalue weighted by Gasteiger charge is 2.17. The van der Waals surface area contributed by atoms with Crippen molar-refractivity contribution in [3.63, 3.8) is 0 Å². The first-order chi connectivity index (χ1) is 14.9. The zero-order chi connectivity index (χ0) is 22.2. The summed E-state index contributed by atoms with van der Waals surface area (Å²) in [5.74, 6) is -2.43. The summed E-state index contributed by atoms with van der Waals surface area (Å²) in [5.41, 5.74) is 3.59. The molecule has 3 rings (SSSR count). The molecule has 156 valence electrons. The fourth-order valence-electron chi connectivity index (χ4n) is 2.51. The number of benzene rings is 3. The summed E-state index contributed by atoms with van der Waals surface area (Å²) >= 11 is 11.8. The number of hydrazone groups is 1. The molecule has 0 heterocycles. The second-order valence-electron chi connectivity index (χ2n) is 6.18. The Morgan fingerprint density at radius 3 is 2.26 bits per heavy atom. The Morgan fingerprint density at radius 1 is 0.806 bits per heavy atom. The third-order valence-corrected chi connectivity index (χ3v) is 4.55. The molecule has 0 radical (unpaired) electrons. The van der Waals surface area contributed by atoms with E-state index in [9.17, 15) is 14.4 Å². The number of anilines is 2. The summed E-state index contributed by atoms with van der Waals surface area (Å²) in [4.78, 5) is 36.8. The predicted molar refractivity (Wildman–Crippen MR) is 122 cm³/mol. The van der Waals surface area contributed by atoms with E-state index in [1.807, 2.05) is 6.07 Å². The lowest BCUT2D eigenvalue weighted by atomic mass is 10.1. The van der Waals surface area contributed by atoms with E-state index in [1.54, 1.807) is 48.5 Å². The molecular formula is C22H16Cl2N4O3. The molecule has 3 aromatic carbocycles. The molecule has 31 heavy (non-hydrogen) atoms. The lowest BCUT2D eigenvalue weighted by molar-refractivity contribution is -0.136. The Bertz CT molecular complexity index is 1150. The summed E-state index contributed by atoms with van der Waals surface area (Å²) in [7, 11) is 0. The van der Waals surface area contributed by atoms with Gasteiger partial charge in [-0.05, 0) is 36.4 Å². The Balaban J connectivity index is 1.64. The molecule has 0 aliphatic rings. The van der Waals surface area contributed by atoms with E-state index in [0.29, 0.717) is 21.3 Å². The summed E-state index contributed by atoms with van der Waals surface area (Å²) in [6.45, 7) is 0. The number of amides is 3. The predicted octanol–water partition coefficient (Wildman–Crippen LogP) is 4.33. The maximum absolute atomic E-state index is 12.6. The second kappa shape index (κ2) is 10.4. The quantitative estimate of drug-likeness (QED) is 0.303. The van der Waals surface area contributed by atoms with Crippen molar-refractivity contribution in [1.82, 2.24) is 5.43 Å². The number of hydrogen-bond donors (Lipinski definition) is 3. The summed E-state index contributed by atoms with van der Waals surface area (Å²) in [6, 6.07) is 19.9. The van der Waals surface area contributed by atoms with Crippen LogP contribution in [0, 0.1) is 0 Å². The Kier molecular flexibility index (Phi) is 7.37. The number of carbonyl (C=O) groups is 3. The van der Waals surface area contributed by atoms with Gasteiger partial charge in [-0.2, -0.15) is 5.10 Å². The van der Waals surface area contributed by atoms with Crippen LogP contribution in [-0.4, -0.2) is 23.9 Å². The van der Waals surface area contributed by atoms with Crippen LogP contribution in [0.5, 0.6) is 0 Å². The van der Waals surface area contributed by atoms with Gasteiger partial charge >= 0.3 is 11.8 Å². The lowest BCUT2D eigenvalue weighted by Gasteiger charge is -2.11. The molecule has 3 aromatic rings. The average molecular weight is 455 g/mol. The van der Waals surface area contributed by atoms with Crippen LogP contribution in [0.1, 0.15) is 15.9 Å². The van der Waals surface area contributed by atoms with Crippen molar-refractivity contribution in [2.75, 3.05) is 10.6 Å². The highest BCUT2D eigenvalue weighted by Crippen LogP contribution is 2.19. The zero-order valence-corrected chi connectivity index (χ0v) is 17.4. The van der Waals surface area contributed by atoms with Gasteiger partial charge in [-0.15, -0.1) is 0 Å². The van der Waals surface area contributed by atoms with Crippen molar-refractivity contribution in [3.05, 3.63) is 94.0 Å². The molecule has 0 saturated heterocycles. The molecule has 0 aromatic heterocycles. The fraction of sp³-hybridized carbons (Fsp3) is 0. The van der Waals surface area contributed by atoms with Gasteiger partial charge in [0.1, 0.15) is 0 Å². The molecule has 0 unspecified atom stereocenters. The summed E-state index contributed by atoms with van der Waals surface area (Å²) in [6.07, 6.45) is 1.28. The number of nitrogens with zero attached hydrogens (tertiary/aromatic N) is 1. The topological polar surface area (TPSA) is 99.7 Å². The van der Waals surface area contributed by atoms with Crippen LogP contribution in [-0.2, 0) is 9.59 Å². The van der Waals surface area contributed by atoms with Gasteiger partial charge in [0.05, 0.1) is 22.5 Å². The third kappa shape index (κ3) is 6.15. The maximum Gasteiger partial charge on any atom is 0.329 e. The van der Waals surface area contributed by atoms with Crippen LogP contribution in [0.4, 0.5) is 11.4 Å². The SMILES string of the molecule is O=C(NN=Cc1ccc(Cl)cc1Cl)C(=O)Nc1ccccc1C(=O)Nc1ccccc1. The van der Waals surface area contributed by atoms with Crippen molar-refractivity contribution in [2.24, 2.45) is 5.10 Å². The van der Waals surface area contributed by atoms with Crippen molar-refractivity contribution in [1.29, 1.82) is 0 Å². The average Bonchev–Trinajstić information content (AvgIpc) is 2.76. The van der Waals surface area contributed by atoms with Gasteiger partial charge in [0.25, 0.3) is 5.91 Å². The number of para-hydroxylation sites is 2. The van der Waals surface area contributed by atoms with Crippen LogP contribution in [0.2, 0.25) is 10.0 Å². The third-order valence-electron chi connectivity index (χ3n) is 3.99. The molecule has 0 saturated carbocycles. The smallest absolute Gasteiger partial charge is 0.322 e. The van der Waals surface area contributed by atoms with Gasteiger partial charge in [-0.25, -0.2) is 5.43 Å². The minimum atomic E-state index is -1.01. The first-order valence-electron chi connectivity index (χ1n) is 8.99. The zero-order valence-electron chi connectivity index (χ0n) is 15.9. The van der Waals surface area contributed by atoms with Gasteiger partial charge in [0.2, 0.25) is 0 Å². The fourth-order valence-corrected chi connectivity index (χ4v) is 2.96. The molecule has 0 fully saturated rings. The summed E-state index contributed by atoms with van der Waals surface area (Å²) in [5, 5.41) is 9.66. The van der Waals surface area contributed by atoms with Crippen LogP contribution in [0.25, 0.3) is 0 Å². The standard InChI is InChI=1S/C22H16Cl2N4O3/c23-15-11-10-14(18(24)12-15)13-25-28-22(31)21(30)27-19-9-5-4-8-17(19)20(29)26-16-6-2-1-3-7-16/h1-13H,(H,26,29)(H,27,30)(H,28,31). The van der Waals surface area contributed by atoms with Gasteiger partial charge in [0.15, 0.2) is 0 Å². The van der Waals surface area contributed by atoms with Gasteiger partial charge in [-0.1, -0.05) is 59.6 Å².